The van der Waals surface area contributed by atoms with Crippen molar-refractivity contribution in [3.8, 4) is 0 Å². The average molecular weight is 437 g/mol. The number of amides is 2. The molecule has 0 saturated heterocycles. The molecule has 27 heavy (non-hydrogen) atoms. The van der Waals surface area contributed by atoms with Crippen molar-refractivity contribution in [1.82, 2.24) is 14.9 Å². The molecular formula is C18H15BrF2N4O2. The van der Waals surface area contributed by atoms with E-state index < -0.39 is 23.3 Å². The van der Waals surface area contributed by atoms with Crippen LogP contribution < -0.4 is 5.32 Å². The summed E-state index contributed by atoms with van der Waals surface area (Å²) in [4.78, 5) is 33.8. The van der Waals surface area contributed by atoms with Gasteiger partial charge in [-0.2, -0.15) is 0 Å². The number of halogens is 3. The Bertz CT molecular complexity index is 929. The number of anilines is 1. The van der Waals surface area contributed by atoms with Gasteiger partial charge in [0.15, 0.2) is 5.82 Å². The molecule has 140 valence electrons. The van der Waals surface area contributed by atoms with Crippen molar-refractivity contribution in [3.63, 3.8) is 0 Å². The number of carbonyl (C=O) groups is 2. The molecule has 2 aromatic rings. The lowest BCUT2D eigenvalue weighted by molar-refractivity contribution is -0.117. The van der Waals surface area contributed by atoms with Crippen molar-refractivity contribution in [2.24, 2.45) is 5.92 Å². The Balaban J connectivity index is 1.57. The third-order valence-electron chi connectivity index (χ3n) is 5.29. The number of nitrogens with one attached hydrogen (secondary N) is 1. The molecular weight excluding hydrogens is 422 g/mol. The molecule has 1 aliphatic heterocycles. The summed E-state index contributed by atoms with van der Waals surface area (Å²) in [7, 11) is 0. The minimum absolute atomic E-state index is 0.0620. The Labute approximate surface area is 162 Å². The molecule has 1 spiro atoms. The van der Waals surface area contributed by atoms with Crippen molar-refractivity contribution >= 4 is 33.7 Å². The summed E-state index contributed by atoms with van der Waals surface area (Å²) in [6.07, 6.45) is 0.777. The van der Waals surface area contributed by atoms with E-state index in [1.807, 2.05) is 0 Å². The van der Waals surface area contributed by atoms with Crippen LogP contribution in [0, 0.1) is 11.7 Å². The van der Waals surface area contributed by atoms with Crippen LogP contribution >= 0.6 is 15.9 Å². The van der Waals surface area contributed by atoms with Crippen LogP contribution in [0.4, 0.5) is 14.7 Å². The Morgan fingerprint density at radius 1 is 1.41 bits per heavy atom. The van der Waals surface area contributed by atoms with E-state index in [0.29, 0.717) is 11.1 Å². The number of alkyl halides is 1. The molecule has 6 nitrogen and oxygen atoms in total. The number of hydrogen-bond acceptors (Lipinski definition) is 4. The highest BCUT2D eigenvalue weighted by atomic mass is 79.9. The lowest BCUT2D eigenvalue weighted by Gasteiger charge is -2.34. The maximum atomic E-state index is 14.6. The van der Waals surface area contributed by atoms with E-state index in [2.05, 4.69) is 31.2 Å². The number of fused-ring (bicyclic) bond motifs is 2. The van der Waals surface area contributed by atoms with E-state index in [1.54, 1.807) is 25.1 Å². The van der Waals surface area contributed by atoms with Crippen molar-refractivity contribution in [2.75, 3.05) is 18.4 Å². The predicted octanol–water partition coefficient (Wildman–Crippen LogP) is 2.70. The maximum absolute atomic E-state index is 14.6. The summed E-state index contributed by atoms with van der Waals surface area (Å²) in [6, 6.07) is 5.15. The van der Waals surface area contributed by atoms with E-state index in [0.717, 1.165) is 16.9 Å². The molecule has 2 amide bonds. The second-order valence-corrected chi connectivity index (χ2v) is 7.77. The lowest BCUT2D eigenvalue weighted by atomic mass is 9.84. The summed E-state index contributed by atoms with van der Waals surface area (Å²) in [5.41, 5.74) is 0.294. The van der Waals surface area contributed by atoms with E-state index in [9.17, 15) is 18.4 Å². The second-order valence-electron chi connectivity index (χ2n) is 6.85. The Morgan fingerprint density at radius 3 is 2.70 bits per heavy atom. The van der Waals surface area contributed by atoms with Crippen molar-refractivity contribution in [1.29, 1.82) is 0 Å². The monoisotopic (exact) mass is 436 g/mol. The summed E-state index contributed by atoms with van der Waals surface area (Å²) in [6.45, 7) is 1.65. The van der Waals surface area contributed by atoms with Crippen molar-refractivity contribution in [2.45, 2.75) is 18.5 Å². The largest absolute Gasteiger partial charge is 0.328 e. The molecule has 9 heteroatoms. The van der Waals surface area contributed by atoms with Crippen LogP contribution in [0.1, 0.15) is 22.8 Å². The molecule has 0 unspecified atom stereocenters. The SMILES string of the molecule is C[C@@H]1[C@H](F)[C@@]12CN(CC(=O)Nc1ncc(F)cn1)C(=O)c1ccc(Br)cc12. The lowest BCUT2D eigenvalue weighted by Crippen LogP contribution is -2.48. The van der Waals surface area contributed by atoms with Gasteiger partial charge in [0.25, 0.3) is 5.91 Å². The van der Waals surface area contributed by atoms with Gasteiger partial charge in [0.1, 0.15) is 12.7 Å². The highest BCUT2D eigenvalue weighted by molar-refractivity contribution is 9.10. The Kier molecular flexibility index (Phi) is 4.21. The maximum Gasteiger partial charge on any atom is 0.254 e. The summed E-state index contributed by atoms with van der Waals surface area (Å²) in [5, 5.41) is 2.42. The zero-order valence-corrected chi connectivity index (χ0v) is 15.8. The standard InChI is InChI=1S/C18H15BrF2N4O2/c1-9-15(21)18(9)8-25(16(27)12-3-2-10(19)4-13(12)18)7-14(26)24-17-22-5-11(20)6-23-17/h2-6,9,15H,7-8H2,1H3,(H,22,23,24,26)/t9-,15+,18+/m1/s1. The van der Waals surface area contributed by atoms with Gasteiger partial charge in [-0.05, 0) is 23.8 Å². The van der Waals surface area contributed by atoms with Gasteiger partial charge in [0, 0.05) is 22.5 Å². The van der Waals surface area contributed by atoms with Gasteiger partial charge < -0.3 is 4.90 Å². The molecule has 1 aromatic carbocycles. The molecule has 0 radical (unpaired) electrons. The van der Waals surface area contributed by atoms with Crippen LogP contribution in [-0.2, 0) is 10.2 Å². The first-order valence-corrected chi connectivity index (χ1v) is 9.13. The highest BCUT2D eigenvalue weighted by Crippen LogP contribution is 2.59. The van der Waals surface area contributed by atoms with Crippen LogP contribution in [0.5, 0.6) is 0 Å². The van der Waals surface area contributed by atoms with Gasteiger partial charge in [0.05, 0.1) is 17.8 Å². The van der Waals surface area contributed by atoms with E-state index >= 15 is 0 Å². The van der Waals surface area contributed by atoms with Crippen LogP contribution in [0.3, 0.4) is 0 Å². The molecule has 0 bridgehead atoms. The fraction of sp³-hybridized carbons (Fsp3) is 0.333. The summed E-state index contributed by atoms with van der Waals surface area (Å²) < 4.78 is 28.2. The first kappa shape index (κ1) is 18.0. The fourth-order valence-electron chi connectivity index (χ4n) is 3.77. The first-order chi connectivity index (χ1) is 12.8. The molecule has 2 aliphatic rings. The van der Waals surface area contributed by atoms with Gasteiger partial charge in [-0.15, -0.1) is 0 Å². The topological polar surface area (TPSA) is 75.2 Å². The fourth-order valence-corrected chi connectivity index (χ4v) is 4.13. The normalized spacial score (nSPS) is 26.1. The van der Waals surface area contributed by atoms with Gasteiger partial charge >= 0.3 is 0 Å². The minimum atomic E-state index is -1.08. The number of rotatable bonds is 3. The Hall–Kier alpha value is -2.42. The smallest absolute Gasteiger partial charge is 0.254 e. The zero-order valence-electron chi connectivity index (χ0n) is 14.2. The summed E-state index contributed by atoms with van der Waals surface area (Å²) >= 11 is 3.38. The second kappa shape index (κ2) is 6.33. The third kappa shape index (κ3) is 2.90. The first-order valence-electron chi connectivity index (χ1n) is 8.33. The summed E-state index contributed by atoms with van der Waals surface area (Å²) in [5.74, 6) is -1.79. The minimum Gasteiger partial charge on any atom is -0.328 e. The van der Waals surface area contributed by atoms with Gasteiger partial charge in [-0.3, -0.25) is 14.9 Å². The molecule has 2 heterocycles. The van der Waals surface area contributed by atoms with Crippen LogP contribution in [0.25, 0.3) is 0 Å². The predicted molar refractivity (Wildman–Crippen MR) is 96.4 cm³/mol. The number of aromatic nitrogens is 2. The van der Waals surface area contributed by atoms with Gasteiger partial charge in [0.2, 0.25) is 11.9 Å². The van der Waals surface area contributed by atoms with Crippen LogP contribution in [0.15, 0.2) is 35.1 Å². The van der Waals surface area contributed by atoms with Crippen LogP contribution in [0.2, 0.25) is 0 Å². The number of benzene rings is 1. The van der Waals surface area contributed by atoms with Crippen molar-refractivity contribution < 1.29 is 18.4 Å². The Morgan fingerprint density at radius 2 is 2.07 bits per heavy atom. The number of hydrogen-bond donors (Lipinski definition) is 1. The van der Waals surface area contributed by atoms with E-state index in [-0.39, 0.29) is 30.9 Å². The van der Waals surface area contributed by atoms with Gasteiger partial charge in [-0.1, -0.05) is 22.9 Å². The average Bonchev–Trinajstić information content (AvgIpc) is 3.15. The van der Waals surface area contributed by atoms with E-state index in [4.69, 9.17) is 0 Å². The highest BCUT2D eigenvalue weighted by Gasteiger charge is 2.67. The molecule has 4 rings (SSSR count). The number of carbonyl (C=O) groups excluding carboxylic acids is 2. The zero-order chi connectivity index (χ0) is 19.3. The molecule has 1 aromatic heterocycles. The number of nitrogens with zero attached hydrogens (tertiary/aromatic N) is 3. The van der Waals surface area contributed by atoms with Crippen LogP contribution in [-0.4, -0.2) is 45.9 Å². The van der Waals surface area contributed by atoms with Gasteiger partial charge in [-0.25, -0.2) is 18.7 Å². The third-order valence-corrected chi connectivity index (χ3v) is 5.79. The quantitative estimate of drug-likeness (QED) is 0.802. The van der Waals surface area contributed by atoms with Crippen molar-refractivity contribution in [3.05, 3.63) is 52.0 Å². The molecule has 1 saturated carbocycles. The van der Waals surface area contributed by atoms with E-state index in [1.165, 1.54) is 4.90 Å². The molecule has 3 atom stereocenters. The molecule has 1 N–H and O–H groups in total. The molecule has 1 aliphatic carbocycles. The molecule has 1 fully saturated rings.